The smallest absolute Gasteiger partial charge is 0.346 e. The van der Waals surface area contributed by atoms with Crippen molar-refractivity contribution < 1.29 is 27.6 Å². The largest absolute Gasteiger partial charge is 0.405 e. The molecule has 226 valence electrons. The van der Waals surface area contributed by atoms with Crippen molar-refractivity contribution in [3.8, 4) is 6.07 Å². The lowest BCUT2D eigenvalue weighted by atomic mass is 9.31. The highest BCUT2D eigenvalue weighted by Crippen LogP contribution is 2.75. The maximum Gasteiger partial charge on any atom is 0.405 e. The van der Waals surface area contributed by atoms with Crippen LogP contribution in [0.4, 0.5) is 13.2 Å². The molecule has 1 N–H and O–H groups in total. The first-order valence-electron chi connectivity index (χ1n) is 15.2. The van der Waals surface area contributed by atoms with Crippen molar-refractivity contribution in [2.24, 2.45) is 56.2 Å². The number of halogens is 3. The molecule has 5 aliphatic rings. The molecule has 0 aromatic carbocycles. The average Bonchev–Trinajstić information content (AvgIpc) is 2.85. The van der Waals surface area contributed by atoms with Crippen LogP contribution in [-0.4, -0.2) is 30.2 Å². The predicted octanol–water partition coefficient (Wildman–Crippen LogP) is 6.96. The van der Waals surface area contributed by atoms with Gasteiger partial charge in [-0.25, -0.2) is 0 Å². The van der Waals surface area contributed by atoms with Crippen LogP contribution in [0.3, 0.4) is 0 Å². The number of carbonyl (C=O) groups is 3. The van der Waals surface area contributed by atoms with Crippen molar-refractivity contribution in [3.05, 3.63) is 11.6 Å². The number of nitriles is 1. The summed E-state index contributed by atoms with van der Waals surface area (Å²) in [6.07, 6.45) is 2.16. The van der Waals surface area contributed by atoms with Gasteiger partial charge in [-0.3, -0.25) is 14.4 Å². The Labute approximate surface area is 242 Å². The number of hydrogen-bond donors (Lipinski definition) is 1. The summed E-state index contributed by atoms with van der Waals surface area (Å²) in [7, 11) is 0. The van der Waals surface area contributed by atoms with Gasteiger partial charge in [0.05, 0.1) is 11.0 Å². The van der Waals surface area contributed by atoms with Crippen LogP contribution in [0.1, 0.15) is 99.8 Å². The fourth-order valence-corrected chi connectivity index (χ4v) is 11.1. The molecule has 0 aromatic rings. The van der Waals surface area contributed by atoms with Gasteiger partial charge in [-0.2, -0.15) is 18.4 Å². The van der Waals surface area contributed by atoms with Gasteiger partial charge in [-0.15, -0.1) is 0 Å². The standard InChI is InChI=1S/C33H45F3N2O3/c1-27(2)10-12-32(26(41)38-18-33(34,35)36)13-11-31(7)24(20(32)16-27)21(39)14-23-29(5)15-19(17-37)25(40)28(3,4)22(29)8-9-30(23,31)6/h15,20,22-24H,8-14,16,18H2,1-7H3,(H,38,41)/t20?,22-,23+,24?,29-,30+,31+,32-/m0/s1. The SMILES string of the molecule is CC1(C)CC[C@]2(C(=O)NCC(F)(F)F)CC[C@]3(C)C(C(=O)C[C@@H]4[C@@]5(C)C=C(C#N)C(=O)C(C)(C)[C@@H]5CC[C@]43C)C2C1. The maximum atomic E-state index is 14.5. The van der Waals surface area contributed by atoms with Crippen molar-refractivity contribution in [1.82, 2.24) is 5.32 Å². The van der Waals surface area contributed by atoms with E-state index in [2.05, 4.69) is 46.0 Å². The second kappa shape index (κ2) is 8.92. The summed E-state index contributed by atoms with van der Waals surface area (Å²) >= 11 is 0. The first-order chi connectivity index (χ1) is 18.7. The molecule has 8 heteroatoms. The van der Waals surface area contributed by atoms with E-state index in [1.165, 1.54) is 0 Å². The number of ketones is 2. The minimum atomic E-state index is -4.50. The van der Waals surface area contributed by atoms with Gasteiger partial charge >= 0.3 is 6.18 Å². The molecule has 0 radical (unpaired) electrons. The summed E-state index contributed by atoms with van der Waals surface area (Å²) < 4.78 is 39.4. The van der Waals surface area contributed by atoms with Crippen LogP contribution in [0.15, 0.2) is 11.6 Å². The van der Waals surface area contributed by atoms with Crippen LogP contribution in [0.2, 0.25) is 0 Å². The molecule has 0 aromatic heterocycles. The molecule has 4 saturated carbocycles. The minimum absolute atomic E-state index is 0.00457. The van der Waals surface area contributed by atoms with Gasteiger partial charge in [0.25, 0.3) is 0 Å². The van der Waals surface area contributed by atoms with Crippen LogP contribution in [0, 0.1) is 67.5 Å². The molecular formula is C33H45F3N2O3. The fraction of sp³-hybridized carbons (Fsp3) is 0.818. The van der Waals surface area contributed by atoms with Gasteiger partial charge in [-0.1, -0.05) is 54.5 Å². The van der Waals surface area contributed by atoms with E-state index in [0.717, 1.165) is 19.3 Å². The van der Waals surface area contributed by atoms with Gasteiger partial charge in [0, 0.05) is 17.8 Å². The molecule has 1 amide bonds. The highest BCUT2D eigenvalue weighted by atomic mass is 19.4. The molecule has 5 nitrogen and oxygen atoms in total. The van der Waals surface area contributed by atoms with E-state index >= 15 is 0 Å². The highest BCUT2D eigenvalue weighted by Gasteiger charge is 2.73. The second-order valence-corrected chi connectivity index (χ2v) is 16.1. The number of rotatable bonds is 2. The van der Waals surface area contributed by atoms with E-state index in [-0.39, 0.29) is 45.7 Å². The molecule has 41 heavy (non-hydrogen) atoms. The minimum Gasteiger partial charge on any atom is -0.346 e. The maximum absolute atomic E-state index is 14.5. The number of fused-ring (bicyclic) bond motifs is 7. The first-order valence-corrected chi connectivity index (χ1v) is 15.2. The van der Waals surface area contributed by atoms with Crippen LogP contribution in [-0.2, 0) is 14.4 Å². The Morgan fingerprint density at radius 2 is 1.61 bits per heavy atom. The molecule has 0 bridgehead atoms. The molecule has 8 atom stereocenters. The normalized spacial score (nSPS) is 44.8. The van der Waals surface area contributed by atoms with Gasteiger partial charge in [0.15, 0.2) is 5.78 Å². The summed E-state index contributed by atoms with van der Waals surface area (Å²) in [6, 6.07) is 2.14. The predicted molar refractivity (Wildman–Crippen MR) is 148 cm³/mol. The topological polar surface area (TPSA) is 87.0 Å². The molecule has 0 heterocycles. The molecule has 4 fully saturated rings. The summed E-state index contributed by atoms with van der Waals surface area (Å²) in [5, 5.41) is 12.1. The molecule has 5 rings (SSSR count). The van der Waals surface area contributed by atoms with Crippen molar-refractivity contribution >= 4 is 17.5 Å². The van der Waals surface area contributed by atoms with E-state index in [1.54, 1.807) is 0 Å². The number of amides is 1. The van der Waals surface area contributed by atoms with Gasteiger partial charge in [0.2, 0.25) is 5.91 Å². The molecule has 2 unspecified atom stereocenters. The van der Waals surface area contributed by atoms with Gasteiger partial charge in [-0.05, 0) is 84.4 Å². The number of nitrogens with zero attached hydrogens (tertiary/aromatic N) is 1. The number of Topliss-reactive ketones (excluding diaryl/α,β-unsaturated/α-hetero) is 2. The summed E-state index contributed by atoms with van der Waals surface area (Å²) in [6.45, 7) is 13.4. The Morgan fingerprint density at radius 3 is 2.22 bits per heavy atom. The van der Waals surface area contributed by atoms with Crippen LogP contribution >= 0.6 is 0 Å². The van der Waals surface area contributed by atoms with Crippen molar-refractivity contribution in [2.75, 3.05) is 6.54 Å². The van der Waals surface area contributed by atoms with E-state index in [9.17, 15) is 32.8 Å². The van der Waals surface area contributed by atoms with E-state index in [1.807, 2.05) is 19.9 Å². The third-order valence-electron chi connectivity index (χ3n) is 13.4. The van der Waals surface area contributed by atoms with Crippen molar-refractivity contribution in [2.45, 2.75) is 106 Å². The monoisotopic (exact) mass is 574 g/mol. The molecule has 5 aliphatic carbocycles. The van der Waals surface area contributed by atoms with Crippen LogP contribution in [0.25, 0.3) is 0 Å². The summed E-state index contributed by atoms with van der Waals surface area (Å²) in [4.78, 5) is 41.4. The summed E-state index contributed by atoms with van der Waals surface area (Å²) in [5.41, 5.74) is -2.95. The number of allylic oxidation sites excluding steroid dienone is 2. The van der Waals surface area contributed by atoms with E-state index in [4.69, 9.17) is 0 Å². The zero-order chi connectivity index (χ0) is 30.6. The Balaban J connectivity index is 1.59. The fourth-order valence-electron chi connectivity index (χ4n) is 11.1. The quantitative estimate of drug-likeness (QED) is 0.386. The zero-order valence-electron chi connectivity index (χ0n) is 25.6. The number of hydrogen-bond acceptors (Lipinski definition) is 4. The van der Waals surface area contributed by atoms with Crippen molar-refractivity contribution in [3.63, 3.8) is 0 Å². The first kappa shape index (κ1) is 30.3. The Hall–Kier alpha value is -2.17. The highest BCUT2D eigenvalue weighted by molar-refractivity contribution is 6.04. The Bertz CT molecular complexity index is 1260. The number of alkyl halides is 3. The molecule has 0 spiro atoms. The third kappa shape index (κ3) is 4.10. The molecule has 0 aliphatic heterocycles. The van der Waals surface area contributed by atoms with E-state index in [0.29, 0.717) is 32.1 Å². The summed E-state index contributed by atoms with van der Waals surface area (Å²) in [5.74, 6) is -1.43. The zero-order valence-corrected chi connectivity index (χ0v) is 25.6. The van der Waals surface area contributed by atoms with Gasteiger partial charge < -0.3 is 5.32 Å². The third-order valence-corrected chi connectivity index (χ3v) is 13.4. The second-order valence-electron chi connectivity index (χ2n) is 16.1. The van der Waals surface area contributed by atoms with Crippen LogP contribution in [0.5, 0.6) is 0 Å². The number of carbonyl (C=O) groups excluding carboxylic acids is 3. The molecule has 0 saturated heterocycles. The molecular weight excluding hydrogens is 529 g/mol. The van der Waals surface area contributed by atoms with Gasteiger partial charge in [0.1, 0.15) is 18.4 Å². The van der Waals surface area contributed by atoms with Crippen molar-refractivity contribution in [1.29, 1.82) is 5.26 Å². The Morgan fingerprint density at radius 1 is 0.976 bits per heavy atom. The Kier molecular flexibility index (Phi) is 6.59. The number of nitrogens with one attached hydrogen (secondary N) is 1. The lowest BCUT2D eigenvalue weighted by molar-refractivity contribution is -0.222. The lowest BCUT2D eigenvalue weighted by Crippen LogP contribution is -2.69. The van der Waals surface area contributed by atoms with Crippen LogP contribution < -0.4 is 5.32 Å². The van der Waals surface area contributed by atoms with E-state index < -0.39 is 46.2 Å². The average molecular weight is 575 g/mol. The lowest BCUT2D eigenvalue weighted by Gasteiger charge is -2.71.